The molecule has 10 heteroatoms. The van der Waals surface area contributed by atoms with Crippen LogP contribution in [0, 0.1) is 0 Å². The highest BCUT2D eigenvalue weighted by atomic mass is 79.9. The van der Waals surface area contributed by atoms with Crippen molar-refractivity contribution in [3.05, 3.63) is 158 Å². The van der Waals surface area contributed by atoms with E-state index in [9.17, 15) is 9.59 Å². The lowest BCUT2D eigenvalue weighted by Gasteiger charge is -2.24. The Morgan fingerprint density at radius 2 is 1.67 bits per heavy atom. The van der Waals surface area contributed by atoms with Gasteiger partial charge in [0.25, 0.3) is 5.56 Å². The number of ether oxygens (including phenoxy) is 1. The molecule has 3 heterocycles. The van der Waals surface area contributed by atoms with Gasteiger partial charge in [0.05, 0.1) is 54.1 Å². The number of carbonyl (C=O) groups excluding carboxylic acids is 1. The quantitative estimate of drug-likeness (QED) is 0.159. The lowest BCUT2D eigenvalue weighted by atomic mass is 9.93. The molecule has 0 radical (unpaired) electrons. The molecule has 0 fully saturated rings. The van der Waals surface area contributed by atoms with Gasteiger partial charge in [-0.1, -0.05) is 88.2 Å². The molecule has 0 spiro atoms. The van der Waals surface area contributed by atoms with Gasteiger partial charge >= 0.3 is 0 Å². The van der Waals surface area contributed by atoms with E-state index in [1.54, 1.807) is 43.5 Å². The van der Waals surface area contributed by atoms with Gasteiger partial charge in [-0.05, 0) is 66.2 Å². The van der Waals surface area contributed by atoms with Crippen molar-refractivity contribution in [3.8, 4) is 22.7 Å². The first-order chi connectivity index (χ1) is 24.9. The Balaban J connectivity index is 1.22. The number of Topliss-reactive ketones (excluding diaryl/α,β-unsaturated/α-hetero) is 1. The highest BCUT2D eigenvalue weighted by Gasteiger charge is 2.35. The number of carbonyl (C=O) groups is 1. The molecule has 1 aliphatic rings. The predicted octanol–water partition coefficient (Wildman–Crippen LogP) is 8.92. The van der Waals surface area contributed by atoms with E-state index in [4.69, 9.17) is 26.4 Å². The Labute approximate surface area is 307 Å². The fraction of sp³-hybridized carbons (Fsp3) is 0.122. The van der Waals surface area contributed by atoms with Gasteiger partial charge in [0.15, 0.2) is 5.78 Å². The number of ketones is 1. The Hall–Kier alpha value is -5.51. The molecule has 0 amide bonds. The van der Waals surface area contributed by atoms with Crippen molar-refractivity contribution in [2.45, 2.75) is 18.9 Å². The molecule has 0 bridgehead atoms. The summed E-state index contributed by atoms with van der Waals surface area (Å²) >= 11 is 9.68. The number of nitrogens with one attached hydrogen (secondary N) is 1. The molecule has 51 heavy (non-hydrogen) atoms. The smallest absolute Gasteiger partial charge is 0.266 e. The molecule has 1 unspecified atom stereocenters. The Morgan fingerprint density at radius 1 is 0.922 bits per heavy atom. The fourth-order valence-corrected chi connectivity index (χ4v) is 7.42. The van der Waals surface area contributed by atoms with Gasteiger partial charge in [0, 0.05) is 37.9 Å². The van der Waals surface area contributed by atoms with Crippen molar-refractivity contribution in [1.29, 1.82) is 0 Å². The van der Waals surface area contributed by atoms with E-state index in [-0.39, 0.29) is 30.3 Å². The number of halogens is 2. The summed E-state index contributed by atoms with van der Waals surface area (Å²) in [5.41, 5.74) is 6.60. The second kappa shape index (κ2) is 13.7. The van der Waals surface area contributed by atoms with Crippen LogP contribution in [0.4, 0.5) is 0 Å². The van der Waals surface area contributed by atoms with Crippen LogP contribution in [0.25, 0.3) is 38.8 Å². The first kappa shape index (κ1) is 32.7. The van der Waals surface area contributed by atoms with Gasteiger partial charge in [-0.15, -0.1) is 0 Å². The molecule has 8 rings (SSSR count). The molecule has 5 aromatic carbocycles. The number of hydrogen-bond donors (Lipinski definition) is 1. The summed E-state index contributed by atoms with van der Waals surface area (Å²) in [7, 11) is 1.65. The van der Waals surface area contributed by atoms with Crippen LogP contribution in [-0.4, -0.2) is 44.7 Å². The van der Waals surface area contributed by atoms with E-state index in [2.05, 4.69) is 45.2 Å². The van der Waals surface area contributed by atoms with Crippen LogP contribution in [0.2, 0.25) is 5.02 Å². The van der Waals surface area contributed by atoms with E-state index in [0.717, 1.165) is 43.5 Å². The Morgan fingerprint density at radius 3 is 2.47 bits per heavy atom. The Kier molecular flexibility index (Phi) is 8.75. The van der Waals surface area contributed by atoms with Crippen LogP contribution in [0.3, 0.4) is 0 Å². The van der Waals surface area contributed by atoms with Gasteiger partial charge < -0.3 is 9.72 Å². The van der Waals surface area contributed by atoms with Crippen molar-refractivity contribution in [1.82, 2.24) is 19.5 Å². The SMILES string of the molecule is COc1ccccc1C1=NN(CC(=O)Cc2nc3ccc(Br)cc3c(=O)n2-c2ccc(Cl)cc2)C(c2c(-c3ccccc3)[nH]c3ccccc23)C1. The molecule has 1 atom stereocenters. The largest absolute Gasteiger partial charge is 0.496 e. The third-order valence-electron chi connectivity index (χ3n) is 9.23. The zero-order valence-corrected chi connectivity index (χ0v) is 29.9. The summed E-state index contributed by atoms with van der Waals surface area (Å²) in [5.74, 6) is 0.908. The number of aromatic amines is 1. The zero-order chi connectivity index (χ0) is 35.1. The van der Waals surface area contributed by atoms with E-state index in [1.165, 1.54) is 4.57 Å². The number of hydrogen-bond acceptors (Lipinski definition) is 6. The maximum Gasteiger partial charge on any atom is 0.266 e. The van der Waals surface area contributed by atoms with Crippen molar-refractivity contribution < 1.29 is 9.53 Å². The monoisotopic (exact) mass is 755 g/mol. The second-order valence-corrected chi connectivity index (χ2v) is 13.8. The molecule has 8 nitrogen and oxygen atoms in total. The van der Waals surface area contributed by atoms with Gasteiger partial charge in [0.2, 0.25) is 0 Å². The first-order valence-electron chi connectivity index (χ1n) is 16.5. The molecule has 0 saturated heterocycles. The topological polar surface area (TPSA) is 92.6 Å². The number of hydrazone groups is 1. The molecule has 0 aliphatic carbocycles. The van der Waals surface area contributed by atoms with Crippen LogP contribution in [-0.2, 0) is 11.2 Å². The maximum atomic E-state index is 14.3. The third kappa shape index (κ3) is 6.24. The van der Waals surface area contributed by atoms with Crippen molar-refractivity contribution >= 4 is 60.8 Å². The van der Waals surface area contributed by atoms with Crippen LogP contribution in [0.1, 0.15) is 29.4 Å². The number of H-pyrrole nitrogens is 1. The summed E-state index contributed by atoms with van der Waals surface area (Å²) in [6, 6.07) is 38.3. The highest BCUT2D eigenvalue weighted by molar-refractivity contribution is 9.10. The van der Waals surface area contributed by atoms with E-state index < -0.39 is 0 Å². The summed E-state index contributed by atoms with van der Waals surface area (Å²) < 4.78 is 8.00. The maximum absolute atomic E-state index is 14.3. The minimum atomic E-state index is -0.277. The number of nitrogens with zero attached hydrogens (tertiary/aromatic N) is 4. The molecule has 1 N–H and O–H groups in total. The first-order valence-corrected chi connectivity index (χ1v) is 17.7. The number of rotatable bonds is 9. The third-order valence-corrected chi connectivity index (χ3v) is 9.98. The molecule has 1 aliphatic heterocycles. The van der Waals surface area contributed by atoms with Gasteiger partial charge in [-0.3, -0.25) is 19.2 Å². The number of fused-ring (bicyclic) bond motifs is 2. The van der Waals surface area contributed by atoms with Crippen molar-refractivity contribution in [2.75, 3.05) is 13.7 Å². The van der Waals surface area contributed by atoms with Gasteiger partial charge in [-0.2, -0.15) is 5.10 Å². The number of benzene rings is 5. The van der Waals surface area contributed by atoms with Crippen LogP contribution >= 0.6 is 27.5 Å². The van der Waals surface area contributed by atoms with Crippen molar-refractivity contribution in [2.24, 2.45) is 5.10 Å². The van der Waals surface area contributed by atoms with E-state index in [0.29, 0.717) is 39.6 Å². The van der Waals surface area contributed by atoms with Gasteiger partial charge in [0.1, 0.15) is 11.6 Å². The molecular weight excluding hydrogens is 726 g/mol. The average Bonchev–Trinajstić information content (AvgIpc) is 3.74. The highest BCUT2D eigenvalue weighted by Crippen LogP contribution is 2.43. The predicted molar refractivity (Wildman–Crippen MR) is 206 cm³/mol. The minimum Gasteiger partial charge on any atom is -0.496 e. The fourth-order valence-electron chi connectivity index (χ4n) is 6.93. The molecular formula is C41H31BrClN5O3. The Bertz CT molecular complexity index is 2530. The van der Waals surface area contributed by atoms with Crippen LogP contribution < -0.4 is 10.3 Å². The summed E-state index contributed by atoms with van der Waals surface area (Å²) in [6.07, 6.45) is 0.458. The van der Waals surface area contributed by atoms with E-state index in [1.807, 2.05) is 65.7 Å². The standard InChI is InChI=1S/C41H31BrClN5O3/c1-51-37-14-8-6-11-30(37)35-23-36(39-31-12-5-7-13-33(31)45-40(39)25-9-3-2-4-10-25)47(46-35)24-29(49)22-38-44-34-20-15-26(42)21-32(34)41(50)48(38)28-18-16-27(43)17-19-28/h2-21,36,45H,22-24H2,1H3. The number of para-hydroxylation sites is 2. The summed E-state index contributed by atoms with van der Waals surface area (Å²) in [5, 5.41) is 9.05. The van der Waals surface area contributed by atoms with E-state index >= 15 is 0 Å². The lowest BCUT2D eigenvalue weighted by Crippen LogP contribution is -2.30. The number of methoxy groups -OCH3 is 1. The van der Waals surface area contributed by atoms with Gasteiger partial charge in [-0.25, -0.2) is 4.98 Å². The summed E-state index contributed by atoms with van der Waals surface area (Å²) in [6.45, 7) is -0.00802. The molecule has 252 valence electrons. The average molecular weight is 757 g/mol. The molecule has 7 aromatic rings. The van der Waals surface area contributed by atoms with Crippen LogP contribution in [0.5, 0.6) is 5.75 Å². The number of aromatic nitrogens is 3. The second-order valence-electron chi connectivity index (χ2n) is 12.4. The molecule has 0 saturated carbocycles. The normalized spacial score (nSPS) is 14.3. The minimum absolute atomic E-state index is 0.00802. The zero-order valence-electron chi connectivity index (χ0n) is 27.5. The molecule has 2 aromatic heterocycles. The lowest BCUT2D eigenvalue weighted by molar-refractivity contribution is -0.120. The van der Waals surface area contributed by atoms with Crippen molar-refractivity contribution in [3.63, 3.8) is 0 Å². The summed E-state index contributed by atoms with van der Waals surface area (Å²) in [4.78, 5) is 36.8. The van der Waals surface area contributed by atoms with Crippen LogP contribution in [0.15, 0.2) is 136 Å².